The largest absolute Gasteiger partial charge is 0.493 e. The fourth-order valence-electron chi connectivity index (χ4n) is 1.73. The third-order valence-corrected chi connectivity index (χ3v) is 3.63. The molecular formula is C15H15BrO3. The van der Waals surface area contributed by atoms with Crippen LogP contribution in [0.15, 0.2) is 46.9 Å². The minimum Gasteiger partial charge on any atom is -0.493 e. The molecule has 4 heteroatoms. The maximum atomic E-state index is 9.27. The minimum atomic E-state index is -0.0493. The fourth-order valence-corrected chi connectivity index (χ4v) is 2.29. The highest BCUT2D eigenvalue weighted by atomic mass is 79.9. The third kappa shape index (κ3) is 3.28. The van der Waals surface area contributed by atoms with Gasteiger partial charge in [0.1, 0.15) is 6.61 Å². The minimum absolute atomic E-state index is 0.0493. The van der Waals surface area contributed by atoms with Crippen molar-refractivity contribution in [1.29, 1.82) is 0 Å². The van der Waals surface area contributed by atoms with Gasteiger partial charge in [0.25, 0.3) is 0 Å². The molecule has 0 aromatic heterocycles. The van der Waals surface area contributed by atoms with Crippen LogP contribution in [0.4, 0.5) is 0 Å². The van der Waals surface area contributed by atoms with E-state index in [0.717, 1.165) is 15.6 Å². The summed E-state index contributed by atoms with van der Waals surface area (Å²) in [5.74, 6) is 1.25. The lowest BCUT2D eigenvalue weighted by Gasteiger charge is -2.14. The summed E-state index contributed by atoms with van der Waals surface area (Å²) >= 11 is 3.44. The van der Waals surface area contributed by atoms with Gasteiger partial charge in [-0.05, 0) is 33.1 Å². The van der Waals surface area contributed by atoms with Crippen LogP contribution in [0.25, 0.3) is 0 Å². The lowest BCUT2D eigenvalue weighted by molar-refractivity contribution is 0.269. The van der Waals surface area contributed by atoms with Gasteiger partial charge in [-0.25, -0.2) is 0 Å². The highest BCUT2D eigenvalue weighted by Gasteiger charge is 2.13. The lowest BCUT2D eigenvalue weighted by atomic mass is 10.2. The van der Waals surface area contributed by atoms with Crippen molar-refractivity contribution in [2.24, 2.45) is 0 Å². The molecule has 0 spiro atoms. The second-order valence-corrected chi connectivity index (χ2v) is 4.80. The topological polar surface area (TPSA) is 38.7 Å². The molecule has 0 bridgehead atoms. The molecule has 0 aliphatic carbocycles. The summed E-state index contributed by atoms with van der Waals surface area (Å²) in [7, 11) is 1.59. The van der Waals surface area contributed by atoms with Crippen molar-refractivity contribution < 1.29 is 14.6 Å². The molecule has 0 heterocycles. The second-order valence-electron chi connectivity index (χ2n) is 4.00. The summed E-state index contributed by atoms with van der Waals surface area (Å²) in [6.07, 6.45) is 0. The van der Waals surface area contributed by atoms with Crippen LogP contribution < -0.4 is 9.47 Å². The Labute approximate surface area is 120 Å². The molecule has 0 radical (unpaired) electrons. The van der Waals surface area contributed by atoms with Gasteiger partial charge in [0.15, 0.2) is 11.5 Å². The lowest BCUT2D eigenvalue weighted by Crippen LogP contribution is -2.00. The Balaban J connectivity index is 2.23. The number of aliphatic hydroxyl groups is 1. The zero-order valence-corrected chi connectivity index (χ0v) is 12.2. The van der Waals surface area contributed by atoms with E-state index in [1.165, 1.54) is 0 Å². The summed E-state index contributed by atoms with van der Waals surface area (Å²) in [5.41, 5.74) is 1.84. The second kappa shape index (κ2) is 6.59. The summed E-state index contributed by atoms with van der Waals surface area (Å²) < 4.78 is 11.8. The van der Waals surface area contributed by atoms with E-state index in [9.17, 15) is 5.11 Å². The molecular weight excluding hydrogens is 308 g/mol. The molecule has 0 saturated carbocycles. The van der Waals surface area contributed by atoms with E-state index in [1.807, 2.05) is 30.3 Å². The van der Waals surface area contributed by atoms with E-state index in [1.54, 1.807) is 19.2 Å². The first-order valence-corrected chi connectivity index (χ1v) is 6.68. The first-order chi connectivity index (χ1) is 9.26. The Morgan fingerprint density at radius 3 is 2.47 bits per heavy atom. The molecule has 3 nitrogen and oxygen atoms in total. The number of hydrogen-bond acceptors (Lipinski definition) is 3. The van der Waals surface area contributed by atoms with E-state index >= 15 is 0 Å². The van der Waals surface area contributed by atoms with Gasteiger partial charge in [-0.1, -0.05) is 36.4 Å². The van der Waals surface area contributed by atoms with Crippen molar-refractivity contribution in [3.63, 3.8) is 0 Å². The molecule has 0 fully saturated rings. The predicted octanol–water partition coefficient (Wildman–Crippen LogP) is 3.53. The van der Waals surface area contributed by atoms with Gasteiger partial charge in [-0.15, -0.1) is 0 Å². The molecule has 0 aliphatic heterocycles. The van der Waals surface area contributed by atoms with E-state index < -0.39 is 0 Å². The van der Waals surface area contributed by atoms with Crippen molar-refractivity contribution in [2.45, 2.75) is 13.2 Å². The molecule has 0 aliphatic rings. The summed E-state index contributed by atoms with van der Waals surface area (Å²) in [6.45, 7) is 0.400. The number of halogens is 1. The number of benzene rings is 2. The van der Waals surface area contributed by atoms with Gasteiger partial charge >= 0.3 is 0 Å². The van der Waals surface area contributed by atoms with Crippen molar-refractivity contribution in [3.8, 4) is 11.5 Å². The van der Waals surface area contributed by atoms with Crippen molar-refractivity contribution in [3.05, 3.63) is 58.1 Å². The third-order valence-electron chi connectivity index (χ3n) is 2.76. The van der Waals surface area contributed by atoms with Crippen LogP contribution in [-0.4, -0.2) is 12.2 Å². The van der Waals surface area contributed by atoms with E-state index in [-0.39, 0.29) is 6.61 Å². The smallest absolute Gasteiger partial charge is 0.176 e. The molecule has 2 rings (SSSR count). The number of methoxy groups -OCH3 is 1. The Kier molecular flexibility index (Phi) is 4.82. The Bertz CT molecular complexity index is 541. The van der Waals surface area contributed by atoms with Gasteiger partial charge in [0.05, 0.1) is 18.2 Å². The molecule has 2 aromatic carbocycles. The van der Waals surface area contributed by atoms with Crippen LogP contribution in [0.2, 0.25) is 0 Å². The molecule has 100 valence electrons. The van der Waals surface area contributed by atoms with Crippen LogP contribution in [0.5, 0.6) is 11.5 Å². The summed E-state index contributed by atoms with van der Waals surface area (Å²) in [6, 6.07) is 13.5. The average molecular weight is 323 g/mol. The van der Waals surface area contributed by atoms with Gasteiger partial charge in [0, 0.05) is 0 Å². The summed E-state index contributed by atoms with van der Waals surface area (Å²) in [4.78, 5) is 0. The monoisotopic (exact) mass is 322 g/mol. The molecule has 1 N–H and O–H groups in total. The number of hydrogen-bond donors (Lipinski definition) is 1. The van der Waals surface area contributed by atoms with Gasteiger partial charge in [0.2, 0.25) is 0 Å². The normalized spacial score (nSPS) is 10.3. The first-order valence-electron chi connectivity index (χ1n) is 5.89. The maximum absolute atomic E-state index is 9.27. The molecule has 0 atom stereocenters. The molecule has 0 saturated heterocycles. The van der Waals surface area contributed by atoms with Crippen molar-refractivity contribution in [2.75, 3.05) is 7.11 Å². The quantitative estimate of drug-likeness (QED) is 0.915. The maximum Gasteiger partial charge on any atom is 0.176 e. The van der Waals surface area contributed by atoms with E-state index in [0.29, 0.717) is 18.1 Å². The molecule has 0 amide bonds. The Hall–Kier alpha value is -1.52. The van der Waals surface area contributed by atoms with Crippen molar-refractivity contribution in [1.82, 2.24) is 0 Å². The van der Waals surface area contributed by atoms with Crippen LogP contribution in [-0.2, 0) is 13.2 Å². The highest BCUT2D eigenvalue weighted by molar-refractivity contribution is 9.10. The average Bonchev–Trinajstić information content (AvgIpc) is 2.46. The molecule has 0 unspecified atom stereocenters. The highest BCUT2D eigenvalue weighted by Crippen LogP contribution is 2.38. The predicted molar refractivity (Wildman–Crippen MR) is 77.4 cm³/mol. The Morgan fingerprint density at radius 2 is 1.84 bits per heavy atom. The standard InChI is InChI=1S/C15H15BrO3/c1-18-13-8-7-12(9-17)14(16)15(13)19-10-11-5-3-2-4-6-11/h2-8,17H,9-10H2,1H3. The van der Waals surface area contributed by atoms with Crippen molar-refractivity contribution >= 4 is 15.9 Å². The fraction of sp³-hybridized carbons (Fsp3) is 0.200. The van der Waals surface area contributed by atoms with E-state index in [4.69, 9.17) is 9.47 Å². The summed E-state index contributed by atoms with van der Waals surface area (Å²) in [5, 5.41) is 9.27. The molecule has 2 aromatic rings. The van der Waals surface area contributed by atoms with Crippen LogP contribution >= 0.6 is 15.9 Å². The number of rotatable bonds is 5. The number of aliphatic hydroxyl groups excluding tert-OH is 1. The SMILES string of the molecule is COc1ccc(CO)c(Br)c1OCc1ccccc1. The zero-order chi connectivity index (χ0) is 13.7. The van der Waals surface area contributed by atoms with Gasteiger partial charge in [-0.2, -0.15) is 0 Å². The van der Waals surface area contributed by atoms with Gasteiger partial charge in [-0.3, -0.25) is 0 Å². The molecule has 19 heavy (non-hydrogen) atoms. The van der Waals surface area contributed by atoms with E-state index in [2.05, 4.69) is 15.9 Å². The van der Waals surface area contributed by atoms with Gasteiger partial charge < -0.3 is 14.6 Å². The zero-order valence-electron chi connectivity index (χ0n) is 10.6. The van der Waals surface area contributed by atoms with Crippen LogP contribution in [0.3, 0.4) is 0 Å². The van der Waals surface area contributed by atoms with Crippen LogP contribution in [0, 0.1) is 0 Å². The first kappa shape index (κ1) is 13.9. The Morgan fingerprint density at radius 1 is 1.11 bits per heavy atom. The van der Waals surface area contributed by atoms with Crippen LogP contribution in [0.1, 0.15) is 11.1 Å². The number of ether oxygens (including phenoxy) is 2.